The molecule has 0 N–H and O–H groups in total. The number of carbonyl (C=O) groups is 2. The molecular formula is C23H24F2N2O2. The lowest BCUT2D eigenvalue weighted by molar-refractivity contribution is -0.131. The molecule has 4 nitrogen and oxygen atoms in total. The van der Waals surface area contributed by atoms with Crippen molar-refractivity contribution in [2.45, 2.75) is 38.8 Å². The highest BCUT2D eigenvalue weighted by Crippen LogP contribution is 2.49. The van der Waals surface area contributed by atoms with E-state index >= 15 is 0 Å². The Hall–Kier alpha value is -2.76. The molecule has 0 aromatic heterocycles. The summed E-state index contributed by atoms with van der Waals surface area (Å²) in [4.78, 5) is 28.9. The number of carbonyl (C=O) groups excluding carboxylic acids is 2. The molecule has 1 saturated heterocycles. The lowest BCUT2D eigenvalue weighted by Crippen LogP contribution is -2.57. The number of rotatable bonds is 4. The molecule has 4 rings (SSSR count). The van der Waals surface area contributed by atoms with Crippen molar-refractivity contribution in [3.8, 4) is 0 Å². The lowest BCUT2D eigenvalue weighted by atomic mass is 9.84. The summed E-state index contributed by atoms with van der Waals surface area (Å²) in [5.74, 6) is -1.96. The van der Waals surface area contributed by atoms with E-state index in [1.165, 1.54) is 17.9 Å². The second-order valence-electron chi connectivity index (χ2n) is 8.03. The Morgan fingerprint density at radius 1 is 1.07 bits per heavy atom. The van der Waals surface area contributed by atoms with Crippen LogP contribution < -0.4 is 0 Å². The number of halogens is 2. The first-order valence-electron chi connectivity index (χ1n) is 9.98. The molecule has 1 saturated carbocycles. The molecule has 0 spiro atoms. The molecule has 1 aliphatic heterocycles. The molecule has 2 aromatic rings. The molecule has 3 amide bonds. The van der Waals surface area contributed by atoms with Gasteiger partial charge in [0.1, 0.15) is 0 Å². The van der Waals surface area contributed by atoms with Gasteiger partial charge in [-0.3, -0.25) is 9.69 Å². The quantitative estimate of drug-likeness (QED) is 0.721. The molecule has 2 fully saturated rings. The number of urea groups is 1. The minimum Gasteiger partial charge on any atom is -0.317 e. The van der Waals surface area contributed by atoms with Gasteiger partial charge in [-0.2, -0.15) is 0 Å². The zero-order valence-corrected chi connectivity index (χ0v) is 16.5. The number of amides is 3. The van der Waals surface area contributed by atoms with E-state index in [0.717, 1.165) is 30.5 Å². The fourth-order valence-electron chi connectivity index (χ4n) is 4.44. The molecule has 29 heavy (non-hydrogen) atoms. The highest BCUT2D eigenvalue weighted by Gasteiger charge is 2.49. The molecular weight excluding hydrogens is 374 g/mol. The predicted molar refractivity (Wildman–Crippen MR) is 105 cm³/mol. The van der Waals surface area contributed by atoms with Crippen LogP contribution in [0.2, 0.25) is 0 Å². The van der Waals surface area contributed by atoms with Gasteiger partial charge in [-0.1, -0.05) is 36.4 Å². The Kier molecular flexibility index (Phi) is 5.11. The first-order valence-corrected chi connectivity index (χ1v) is 9.98. The van der Waals surface area contributed by atoms with Crippen LogP contribution in [0.4, 0.5) is 13.6 Å². The van der Waals surface area contributed by atoms with Crippen LogP contribution >= 0.6 is 0 Å². The summed E-state index contributed by atoms with van der Waals surface area (Å²) in [5.41, 5.74) is 1.46. The van der Waals surface area contributed by atoms with E-state index in [1.54, 1.807) is 4.90 Å². The second kappa shape index (κ2) is 7.58. The second-order valence-corrected chi connectivity index (χ2v) is 8.03. The van der Waals surface area contributed by atoms with Gasteiger partial charge in [0.05, 0.1) is 12.1 Å². The SMILES string of the molecule is CC(=O)N1C(=O)N([C@H](C)c2ccccc2)CC(C2CC2)C1c1ccc(F)c(F)c1. The first-order chi connectivity index (χ1) is 13.9. The molecule has 6 heteroatoms. The Morgan fingerprint density at radius 2 is 1.76 bits per heavy atom. The van der Waals surface area contributed by atoms with Crippen LogP contribution in [0, 0.1) is 23.5 Å². The van der Waals surface area contributed by atoms with Crippen LogP contribution in [0.3, 0.4) is 0 Å². The monoisotopic (exact) mass is 398 g/mol. The Labute approximate surface area is 169 Å². The Morgan fingerprint density at radius 3 is 2.34 bits per heavy atom. The summed E-state index contributed by atoms with van der Waals surface area (Å²) < 4.78 is 27.4. The largest absolute Gasteiger partial charge is 0.327 e. The van der Waals surface area contributed by atoms with Crippen molar-refractivity contribution in [3.63, 3.8) is 0 Å². The molecule has 2 aromatic carbocycles. The summed E-state index contributed by atoms with van der Waals surface area (Å²) in [6.45, 7) is 3.78. The van der Waals surface area contributed by atoms with Gasteiger partial charge in [0.15, 0.2) is 11.6 Å². The van der Waals surface area contributed by atoms with Crippen molar-refractivity contribution in [1.82, 2.24) is 9.80 Å². The van der Waals surface area contributed by atoms with Crippen LogP contribution in [-0.4, -0.2) is 28.3 Å². The van der Waals surface area contributed by atoms with Crippen LogP contribution in [0.1, 0.15) is 49.9 Å². The first kappa shape index (κ1) is 19.6. The molecule has 2 unspecified atom stereocenters. The zero-order chi connectivity index (χ0) is 20.7. The van der Waals surface area contributed by atoms with Gasteiger partial charge in [0.25, 0.3) is 0 Å². The third kappa shape index (κ3) is 3.63. The molecule has 3 atom stereocenters. The highest BCUT2D eigenvalue weighted by molar-refractivity contribution is 5.94. The normalized spacial score (nSPS) is 23.2. The zero-order valence-electron chi connectivity index (χ0n) is 16.5. The maximum atomic E-state index is 14.0. The third-order valence-electron chi connectivity index (χ3n) is 6.14. The maximum absolute atomic E-state index is 14.0. The smallest absolute Gasteiger partial charge is 0.317 e. The number of imide groups is 1. The number of nitrogens with zero attached hydrogens (tertiary/aromatic N) is 2. The van der Waals surface area contributed by atoms with Gasteiger partial charge in [-0.15, -0.1) is 0 Å². The topological polar surface area (TPSA) is 40.6 Å². The van der Waals surface area contributed by atoms with Crippen molar-refractivity contribution in [1.29, 1.82) is 0 Å². The number of hydrogen-bond acceptors (Lipinski definition) is 2. The fourth-order valence-corrected chi connectivity index (χ4v) is 4.44. The highest BCUT2D eigenvalue weighted by atomic mass is 19.2. The van der Waals surface area contributed by atoms with Crippen LogP contribution in [0.25, 0.3) is 0 Å². The van der Waals surface area contributed by atoms with Crippen LogP contribution in [-0.2, 0) is 4.79 Å². The van der Waals surface area contributed by atoms with Crippen molar-refractivity contribution >= 4 is 11.9 Å². The van der Waals surface area contributed by atoms with E-state index < -0.39 is 17.7 Å². The van der Waals surface area contributed by atoms with E-state index in [2.05, 4.69) is 0 Å². The average Bonchev–Trinajstić information content (AvgIpc) is 3.55. The minimum absolute atomic E-state index is 0.0207. The minimum atomic E-state index is -0.965. The average molecular weight is 398 g/mol. The van der Waals surface area contributed by atoms with Crippen LogP contribution in [0.5, 0.6) is 0 Å². The summed E-state index contributed by atoms with van der Waals surface area (Å²) in [6, 6.07) is 12.2. The summed E-state index contributed by atoms with van der Waals surface area (Å²) >= 11 is 0. The molecule has 0 radical (unpaired) electrons. The Balaban J connectivity index is 1.74. The van der Waals surface area contributed by atoms with Crippen molar-refractivity contribution < 1.29 is 18.4 Å². The molecule has 0 bridgehead atoms. The van der Waals surface area contributed by atoms with Gasteiger partial charge >= 0.3 is 6.03 Å². The molecule has 2 aliphatic rings. The molecule has 1 heterocycles. The summed E-state index contributed by atoms with van der Waals surface area (Å²) in [5, 5.41) is 0. The van der Waals surface area contributed by atoms with E-state index in [-0.39, 0.29) is 23.9 Å². The third-order valence-corrected chi connectivity index (χ3v) is 6.14. The van der Waals surface area contributed by atoms with E-state index in [4.69, 9.17) is 0 Å². The van der Waals surface area contributed by atoms with Crippen molar-refractivity contribution in [2.24, 2.45) is 11.8 Å². The molecule has 1 aliphatic carbocycles. The number of hydrogen-bond donors (Lipinski definition) is 0. The summed E-state index contributed by atoms with van der Waals surface area (Å²) in [6.07, 6.45) is 2.02. The van der Waals surface area contributed by atoms with Crippen LogP contribution in [0.15, 0.2) is 48.5 Å². The summed E-state index contributed by atoms with van der Waals surface area (Å²) in [7, 11) is 0. The van der Waals surface area contributed by atoms with E-state index in [0.29, 0.717) is 18.0 Å². The fraction of sp³-hybridized carbons (Fsp3) is 0.391. The van der Waals surface area contributed by atoms with Gasteiger partial charge in [0.2, 0.25) is 5.91 Å². The van der Waals surface area contributed by atoms with Gasteiger partial charge in [0, 0.05) is 19.4 Å². The number of benzene rings is 2. The lowest BCUT2D eigenvalue weighted by Gasteiger charge is -2.47. The maximum Gasteiger partial charge on any atom is 0.327 e. The van der Waals surface area contributed by atoms with Crippen molar-refractivity contribution in [3.05, 3.63) is 71.3 Å². The van der Waals surface area contributed by atoms with E-state index in [9.17, 15) is 18.4 Å². The van der Waals surface area contributed by atoms with Crippen molar-refractivity contribution in [2.75, 3.05) is 6.54 Å². The molecule has 152 valence electrons. The van der Waals surface area contributed by atoms with Gasteiger partial charge < -0.3 is 4.90 Å². The standard InChI is InChI=1S/C23H24F2N2O2/c1-14(16-6-4-3-5-7-16)26-13-19(17-8-9-17)22(27(15(2)28)23(26)29)18-10-11-20(24)21(25)12-18/h3-7,10-12,14,17,19,22H,8-9,13H2,1-2H3/t14-,19?,22?/m1/s1. The predicted octanol–water partition coefficient (Wildman–Crippen LogP) is 5.08. The van der Waals surface area contributed by atoms with Gasteiger partial charge in [-0.05, 0) is 48.9 Å². The van der Waals surface area contributed by atoms with E-state index in [1.807, 2.05) is 37.3 Å². The van der Waals surface area contributed by atoms with Gasteiger partial charge in [-0.25, -0.2) is 13.6 Å². The Bertz CT molecular complexity index is 930.